The minimum Gasteiger partial charge on any atom is -0.383 e. The third-order valence-corrected chi connectivity index (χ3v) is 4.39. The standard InChI is InChI=1S/C17H27BrN2O/c1-3-4-10-20(16-7-8-16)17-12-15(18)6-5-14(17)13-19-9-11-21-2/h5-6,12,16,19H,3-4,7-11,13H2,1-2H3. The average Bonchev–Trinajstić information content (AvgIpc) is 3.30. The summed E-state index contributed by atoms with van der Waals surface area (Å²) in [5.74, 6) is 0. The van der Waals surface area contributed by atoms with E-state index in [0.29, 0.717) is 0 Å². The minimum absolute atomic E-state index is 0.753. The van der Waals surface area contributed by atoms with Gasteiger partial charge < -0.3 is 15.0 Å². The largest absolute Gasteiger partial charge is 0.383 e. The fourth-order valence-corrected chi connectivity index (χ4v) is 2.91. The number of nitrogens with one attached hydrogen (secondary N) is 1. The Bertz CT molecular complexity index is 435. The fraction of sp³-hybridized carbons (Fsp3) is 0.647. The molecular weight excluding hydrogens is 328 g/mol. The molecule has 0 unspecified atom stereocenters. The van der Waals surface area contributed by atoms with E-state index in [1.165, 1.54) is 48.0 Å². The van der Waals surface area contributed by atoms with Crippen molar-refractivity contribution in [1.29, 1.82) is 0 Å². The summed E-state index contributed by atoms with van der Waals surface area (Å²) in [4.78, 5) is 2.61. The Hall–Kier alpha value is -0.580. The van der Waals surface area contributed by atoms with Gasteiger partial charge in [-0.3, -0.25) is 0 Å². The van der Waals surface area contributed by atoms with Crippen molar-refractivity contribution in [2.75, 3.05) is 31.7 Å². The first kappa shape index (κ1) is 16.8. The number of ether oxygens (including phenoxy) is 1. The highest BCUT2D eigenvalue weighted by Gasteiger charge is 2.29. The maximum Gasteiger partial charge on any atom is 0.0587 e. The van der Waals surface area contributed by atoms with Gasteiger partial charge in [0.05, 0.1) is 6.61 Å². The van der Waals surface area contributed by atoms with Crippen LogP contribution in [0, 0.1) is 0 Å². The summed E-state index contributed by atoms with van der Waals surface area (Å²) in [6, 6.07) is 7.41. The van der Waals surface area contributed by atoms with E-state index in [0.717, 1.165) is 25.7 Å². The minimum atomic E-state index is 0.753. The lowest BCUT2D eigenvalue weighted by molar-refractivity contribution is 0.199. The number of hydrogen-bond acceptors (Lipinski definition) is 3. The van der Waals surface area contributed by atoms with E-state index in [1.54, 1.807) is 7.11 Å². The van der Waals surface area contributed by atoms with E-state index in [1.807, 2.05) is 0 Å². The molecule has 0 heterocycles. The highest BCUT2D eigenvalue weighted by Crippen LogP contribution is 2.35. The summed E-state index contributed by atoms with van der Waals surface area (Å²) in [5.41, 5.74) is 2.78. The number of nitrogens with zero attached hydrogens (tertiary/aromatic N) is 1. The maximum absolute atomic E-state index is 5.10. The van der Waals surface area contributed by atoms with Gasteiger partial charge in [0.15, 0.2) is 0 Å². The molecule has 4 heteroatoms. The quantitative estimate of drug-likeness (QED) is 0.643. The Morgan fingerprint density at radius 2 is 2.19 bits per heavy atom. The topological polar surface area (TPSA) is 24.5 Å². The number of methoxy groups -OCH3 is 1. The molecule has 0 spiro atoms. The molecule has 1 aromatic carbocycles. The van der Waals surface area contributed by atoms with Crippen LogP contribution in [-0.4, -0.2) is 32.8 Å². The third-order valence-electron chi connectivity index (χ3n) is 3.90. The van der Waals surface area contributed by atoms with Crippen molar-refractivity contribution >= 4 is 21.6 Å². The summed E-state index contributed by atoms with van der Waals surface area (Å²) < 4.78 is 6.26. The van der Waals surface area contributed by atoms with Gasteiger partial charge in [0, 0.05) is 42.9 Å². The second-order valence-electron chi connectivity index (χ2n) is 5.72. The van der Waals surface area contributed by atoms with Gasteiger partial charge in [0.2, 0.25) is 0 Å². The highest BCUT2D eigenvalue weighted by atomic mass is 79.9. The zero-order valence-corrected chi connectivity index (χ0v) is 14.8. The number of halogens is 1. The van der Waals surface area contributed by atoms with Crippen molar-refractivity contribution in [2.45, 2.75) is 45.2 Å². The fourth-order valence-electron chi connectivity index (χ4n) is 2.57. The molecule has 1 fully saturated rings. The molecule has 0 aliphatic heterocycles. The zero-order chi connectivity index (χ0) is 15.1. The molecule has 0 radical (unpaired) electrons. The molecule has 0 amide bonds. The van der Waals surface area contributed by atoms with E-state index in [4.69, 9.17) is 4.74 Å². The molecule has 118 valence electrons. The van der Waals surface area contributed by atoms with Gasteiger partial charge in [-0.25, -0.2) is 0 Å². The molecule has 3 nitrogen and oxygen atoms in total. The van der Waals surface area contributed by atoms with E-state index in [-0.39, 0.29) is 0 Å². The lowest BCUT2D eigenvalue weighted by Crippen LogP contribution is -2.29. The normalized spacial score (nSPS) is 14.4. The van der Waals surface area contributed by atoms with Gasteiger partial charge in [0.25, 0.3) is 0 Å². The summed E-state index contributed by atoms with van der Waals surface area (Å²) in [7, 11) is 1.74. The van der Waals surface area contributed by atoms with Crippen LogP contribution in [-0.2, 0) is 11.3 Å². The Labute approximate surface area is 137 Å². The first-order valence-corrected chi connectivity index (χ1v) is 8.80. The molecule has 1 saturated carbocycles. The Balaban J connectivity index is 2.08. The van der Waals surface area contributed by atoms with Gasteiger partial charge in [-0.05, 0) is 37.0 Å². The van der Waals surface area contributed by atoms with Gasteiger partial charge in [-0.2, -0.15) is 0 Å². The summed E-state index contributed by atoms with van der Waals surface area (Å²) >= 11 is 3.63. The monoisotopic (exact) mass is 354 g/mol. The van der Waals surface area contributed by atoms with Crippen molar-refractivity contribution < 1.29 is 4.74 Å². The van der Waals surface area contributed by atoms with Crippen molar-refractivity contribution in [1.82, 2.24) is 5.32 Å². The summed E-state index contributed by atoms with van der Waals surface area (Å²) in [5, 5.41) is 3.47. The van der Waals surface area contributed by atoms with E-state index in [2.05, 4.69) is 51.3 Å². The lowest BCUT2D eigenvalue weighted by atomic mass is 10.1. The second-order valence-corrected chi connectivity index (χ2v) is 6.64. The molecule has 1 N–H and O–H groups in total. The van der Waals surface area contributed by atoms with Crippen LogP contribution < -0.4 is 10.2 Å². The lowest BCUT2D eigenvalue weighted by Gasteiger charge is -2.27. The van der Waals surface area contributed by atoms with Gasteiger partial charge in [-0.15, -0.1) is 0 Å². The summed E-state index contributed by atoms with van der Waals surface area (Å²) in [6.07, 6.45) is 5.19. The van der Waals surface area contributed by atoms with Crippen LogP contribution in [0.3, 0.4) is 0 Å². The van der Waals surface area contributed by atoms with Crippen LogP contribution in [0.1, 0.15) is 38.2 Å². The van der Waals surface area contributed by atoms with Crippen LogP contribution in [0.2, 0.25) is 0 Å². The van der Waals surface area contributed by atoms with Crippen LogP contribution in [0.5, 0.6) is 0 Å². The zero-order valence-electron chi connectivity index (χ0n) is 13.2. The smallest absolute Gasteiger partial charge is 0.0587 e. The van der Waals surface area contributed by atoms with Crippen molar-refractivity contribution in [3.8, 4) is 0 Å². The van der Waals surface area contributed by atoms with E-state index < -0.39 is 0 Å². The molecule has 0 atom stereocenters. The second kappa shape index (κ2) is 8.76. The number of hydrogen-bond donors (Lipinski definition) is 1. The van der Waals surface area contributed by atoms with E-state index >= 15 is 0 Å². The molecule has 1 aromatic rings. The van der Waals surface area contributed by atoms with Crippen molar-refractivity contribution in [2.24, 2.45) is 0 Å². The van der Waals surface area contributed by atoms with Gasteiger partial charge in [-0.1, -0.05) is 35.3 Å². The number of anilines is 1. The first-order chi connectivity index (χ1) is 10.3. The highest BCUT2D eigenvalue weighted by molar-refractivity contribution is 9.10. The number of rotatable bonds is 10. The molecule has 21 heavy (non-hydrogen) atoms. The molecule has 0 bridgehead atoms. The van der Waals surface area contributed by atoms with Crippen molar-refractivity contribution in [3.63, 3.8) is 0 Å². The molecule has 2 rings (SSSR count). The maximum atomic E-state index is 5.10. The molecule has 0 aromatic heterocycles. The Morgan fingerprint density at radius 3 is 2.86 bits per heavy atom. The summed E-state index contributed by atoms with van der Waals surface area (Å²) in [6.45, 7) is 5.99. The number of benzene rings is 1. The molecule has 0 saturated heterocycles. The van der Waals surface area contributed by atoms with Crippen LogP contribution in [0.15, 0.2) is 22.7 Å². The average molecular weight is 355 g/mol. The van der Waals surface area contributed by atoms with Gasteiger partial charge >= 0.3 is 0 Å². The van der Waals surface area contributed by atoms with Crippen molar-refractivity contribution in [3.05, 3.63) is 28.2 Å². The predicted molar refractivity (Wildman–Crippen MR) is 93.0 cm³/mol. The van der Waals surface area contributed by atoms with Crippen LogP contribution in [0.25, 0.3) is 0 Å². The van der Waals surface area contributed by atoms with Crippen LogP contribution >= 0.6 is 15.9 Å². The van der Waals surface area contributed by atoms with Gasteiger partial charge in [0.1, 0.15) is 0 Å². The number of unbranched alkanes of at least 4 members (excludes halogenated alkanes) is 1. The molecule has 1 aliphatic carbocycles. The van der Waals surface area contributed by atoms with E-state index in [9.17, 15) is 0 Å². The molecular formula is C17H27BrN2O. The Morgan fingerprint density at radius 1 is 1.38 bits per heavy atom. The first-order valence-electron chi connectivity index (χ1n) is 8.01. The Kier molecular flexibility index (Phi) is 7.00. The van der Waals surface area contributed by atoms with Crippen LogP contribution in [0.4, 0.5) is 5.69 Å². The predicted octanol–water partition coefficient (Wildman–Crippen LogP) is 3.95. The molecule has 1 aliphatic rings. The SMILES string of the molecule is CCCCN(c1cc(Br)ccc1CNCCOC)C1CC1. The third kappa shape index (κ3) is 5.28.